The van der Waals surface area contributed by atoms with Crippen LogP contribution in [0, 0.1) is 13.8 Å². The van der Waals surface area contributed by atoms with Crippen LogP contribution in [0.5, 0.6) is 0 Å². The molecule has 0 aliphatic heterocycles. The van der Waals surface area contributed by atoms with Crippen LogP contribution >= 0.6 is 11.6 Å². The van der Waals surface area contributed by atoms with E-state index in [0.717, 1.165) is 27.4 Å². The average molecular weight is 570 g/mol. The standard InChI is InChI=1S/C30H36ClN3O4S/c1-6-23(4)32-30(36)24(5)33(19-25-11-7-21(2)8-12-25)29(35)20-34(27-15-13-26(31)14-16-27)39(37,38)28-17-9-22(3)10-18-28/h7-18,23-24H,6,19-20H2,1-5H3,(H,32,36)/t23-,24+/m0/s1. The fraction of sp³-hybridized carbons (Fsp3) is 0.333. The van der Waals surface area contributed by atoms with E-state index in [1.807, 2.05) is 52.0 Å². The van der Waals surface area contributed by atoms with Crippen molar-refractivity contribution < 1.29 is 18.0 Å². The molecule has 0 unspecified atom stereocenters. The molecule has 3 rings (SSSR count). The lowest BCUT2D eigenvalue weighted by molar-refractivity contribution is -0.139. The van der Waals surface area contributed by atoms with Crippen molar-refractivity contribution in [3.05, 3.63) is 94.5 Å². The predicted molar refractivity (Wildman–Crippen MR) is 156 cm³/mol. The van der Waals surface area contributed by atoms with Crippen LogP contribution in [0.25, 0.3) is 0 Å². The third kappa shape index (κ3) is 7.83. The molecule has 3 aromatic rings. The number of halogens is 1. The van der Waals surface area contributed by atoms with Crippen molar-refractivity contribution in [2.24, 2.45) is 0 Å². The number of sulfonamides is 1. The first-order chi connectivity index (χ1) is 18.4. The number of benzene rings is 3. The van der Waals surface area contributed by atoms with E-state index in [2.05, 4.69) is 5.32 Å². The van der Waals surface area contributed by atoms with Crippen molar-refractivity contribution in [3.63, 3.8) is 0 Å². The van der Waals surface area contributed by atoms with Gasteiger partial charge in [-0.05, 0) is 76.1 Å². The van der Waals surface area contributed by atoms with Gasteiger partial charge in [0.2, 0.25) is 11.8 Å². The Balaban J connectivity index is 2.01. The zero-order valence-corrected chi connectivity index (χ0v) is 24.6. The monoisotopic (exact) mass is 569 g/mol. The molecule has 0 spiro atoms. The molecule has 208 valence electrons. The minimum atomic E-state index is -4.12. The van der Waals surface area contributed by atoms with Crippen molar-refractivity contribution in [3.8, 4) is 0 Å². The summed E-state index contributed by atoms with van der Waals surface area (Å²) in [7, 11) is -4.12. The second-order valence-corrected chi connectivity index (χ2v) is 12.1. The lowest BCUT2D eigenvalue weighted by Crippen LogP contribution is -2.52. The topological polar surface area (TPSA) is 86.8 Å². The molecule has 0 aliphatic carbocycles. The summed E-state index contributed by atoms with van der Waals surface area (Å²) in [5.74, 6) is -0.808. The number of hydrogen-bond acceptors (Lipinski definition) is 4. The first kappa shape index (κ1) is 30.2. The number of carbonyl (C=O) groups excluding carboxylic acids is 2. The van der Waals surface area contributed by atoms with Crippen LogP contribution in [-0.2, 0) is 26.2 Å². The maximum Gasteiger partial charge on any atom is 0.264 e. The largest absolute Gasteiger partial charge is 0.352 e. The predicted octanol–water partition coefficient (Wildman–Crippen LogP) is 5.48. The Morgan fingerprint density at radius 3 is 1.95 bits per heavy atom. The normalized spacial score (nSPS) is 12.9. The van der Waals surface area contributed by atoms with Crippen LogP contribution in [0.1, 0.15) is 43.9 Å². The molecule has 0 heterocycles. The quantitative estimate of drug-likeness (QED) is 0.331. The Bertz CT molecular complexity index is 1380. The molecule has 0 bridgehead atoms. The number of amides is 2. The third-order valence-corrected chi connectivity index (χ3v) is 8.68. The minimum absolute atomic E-state index is 0.0588. The van der Waals surface area contributed by atoms with Gasteiger partial charge in [0, 0.05) is 17.6 Å². The SMILES string of the molecule is CC[C@H](C)NC(=O)[C@@H](C)N(Cc1ccc(C)cc1)C(=O)CN(c1ccc(Cl)cc1)S(=O)(=O)c1ccc(C)cc1. The Labute approximate surface area is 236 Å². The molecule has 0 saturated heterocycles. The van der Waals surface area contributed by atoms with Crippen molar-refractivity contribution in [2.45, 2.75) is 64.6 Å². The summed E-state index contributed by atoms with van der Waals surface area (Å²) >= 11 is 6.06. The maximum absolute atomic E-state index is 13.9. The smallest absolute Gasteiger partial charge is 0.264 e. The fourth-order valence-electron chi connectivity index (χ4n) is 3.91. The van der Waals surface area contributed by atoms with Gasteiger partial charge >= 0.3 is 0 Å². The van der Waals surface area contributed by atoms with Gasteiger partial charge in [0.1, 0.15) is 12.6 Å². The molecule has 0 radical (unpaired) electrons. The van der Waals surface area contributed by atoms with Gasteiger partial charge in [0.15, 0.2) is 0 Å². The van der Waals surface area contributed by atoms with Crippen LogP contribution < -0.4 is 9.62 Å². The zero-order chi connectivity index (χ0) is 28.7. The number of anilines is 1. The molecule has 7 nitrogen and oxygen atoms in total. The molecule has 9 heteroatoms. The third-order valence-electron chi connectivity index (χ3n) is 6.64. The number of nitrogens with one attached hydrogen (secondary N) is 1. The van der Waals surface area contributed by atoms with E-state index in [9.17, 15) is 18.0 Å². The molecule has 3 aromatic carbocycles. The summed E-state index contributed by atoms with van der Waals surface area (Å²) in [6.45, 7) is 9.00. The highest BCUT2D eigenvalue weighted by atomic mass is 35.5. The molecule has 0 aromatic heterocycles. The van der Waals surface area contributed by atoms with Gasteiger partial charge in [0.25, 0.3) is 10.0 Å². The molecule has 2 atom stereocenters. The van der Waals surface area contributed by atoms with Crippen LogP contribution in [-0.4, -0.2) is 43.8 Å². The summed E-state index contributed by atoms with van der Waals surface area (Å²) in [6.07, 6.45) is 0.740. The minimum Gasteiger partial charge on any atom is -0.352 e. The van der Waals surface area contributed by atoms with Crippen LogP contribution in [0.15, 0.2) is 77.7 Å². The highest BCUT2D eigenvalue weighted by Crippen LogP contribution is 2.26. The number of rotatable bonds is 11. The molecular formula is C30H36ClN3O4S. The Morgan fingerprint density at radius 2 is 1.41 bits per heavy atom. The van der Waals surface area contributed by atoms with Gasteiger partial charge in [-0.2, -0.15) is 0 Å². The van der Waals surface area contributed by atoms with Crippen molar-refractivity contribution in [2.75, 3.05) is 10.8 Å². The molecule has 39 heavy (non-hydrogen) atoms. The lowest BCUT2D eigenvalue weighted by atomic mass is 10.1. The fourth-order valence-corrected chi connectivity index (χ4v) is 5.45. The van der Waals surface area contributed by atoms with E-state index < -0.39 is 28.5 Å². The Morgan fingerprint density at radius 1 is 0.872 bits per heavy atom. The van der Waals surface area contributed by atoms with E-state index in [4.69, 9.17) is 11.6 Å². The van der Waals surface area contributed by atoms with Gasteiger partial charge in [-0.3, -0.25) is 13.9 Å². The van der Waals surface area contributed by atoms with Gasteiger partial charge in [-0.1, -0.05) is 66.0 Å². The first-order valence-electron chi connectivity index (χ1n) is 12.9. The van der Waals surface area contributed by atoms with Crippen molar-refractivity contribution in [1.82, 2.24) is 10.2 Å². The van der Waals surface area contributed by atoms with E-state index in [0.29, 0.717) is 10.7 Å². The molecule has 1 N–H and O–H groups in total. The summed E-state index contributed by atoms with van der Waals surface area (Å²) in [4.78, 5) is 28.5. The van der Waals surface area contributed by atoms with Gasteiger partial charge in [-0.25, -0.2) is 8.42 Å². The van der Waals surface area contributed by atoms with Crippen LogP contribution in [0.2, 0.25) is 5.02 Å². The molecule has 0 fully saturated rings. The Hall–Kier alpha value is -3.36. The highest BCUT2D eigenvalue weighted by molar-refractivity contribution is 7.92. The number of aryl methyl sites for hydroxylation is 2. The summed E-state index contributed by atoms with van der Waals surface area (Å²) in [5, 5.41) is 3.37. The number of carbonyl (C=O) groups is 2. The molecule has 0 saturated carbocycles. The van der Waals surface area contributed by atoms with E-state index in [-0.39, 0.29) is 23.4 Å². The van der Waals surface area contributed by atoms with E-state index >= 15 is 0 Å². The van der Waals surface area contributed by atoms with Gasteiger partial charge < -0.3 is 10.2 Å². The van der Waals surface area contributed by atoms with Gasteiger partial charge in [-0.15, -0.1) is 0 Å². The maximum atomic E-state index is 13.9. The highest BCUT2D eigenvalue weighted by Gasteiger charge is 2.32. The summed E-state index contributed by atoms with van der Waals surface area (Å²) < 4.78 is 28.7. The first-order valence-corrected chi connectivity index (χ1v) is 14.7. The van der Waals surface area contributed by atoms with Crippen molar-refractivity contribution in [1.29, 1.82) is 0 Å². The van der Waals surface area contributed by atoms with E-state index in [1.54, 1.807) is 43.3 Å². The average Bonchev–Trinajstić information content (AvgIpc) is 2.91. The number of nitrogens with zero attached hydrogens (tertiary/aromatic N) is 2. The molecule has 0 aliphatic rings. The lowest BCUT2D eigenvalue weighted by Gasteiger charge is -2.32. The second-order valence-electron chi connectivity index (χ2n) is 9.80. The van der Waals surface area contributed by atoms with Crippen molar-refractivity contribution >= 4 is 39.1 Å². The van der Waals surface area contributed by atoms with Gasteiger partial charge in [0.05, 0.1) is 10.6 Å². The molecular weight excluding hydrogens is 534 g/mol. The Kier molecular flexibility index (Phi) is 10.2. The zero-order valence-electron chi connectivity index (χ0n) is 23.0. The summed E-state index contributed by atoms with van der Waals surface area (Å²) in [5.41, 5.74) is 3.10. The van der Waals surface area contributed by atoms with Crippen LogP contribution in [0.3, 0.4) is 0 Å². The number of hydrogen-bond donors (Lipinski definition) is 1. The molecule has 2 amide bonds. The van der Waals surface area contributed by atoms with E-state index in [1.165, 1.54) is 17.0 Å². The summed E-state index contributed by atoms with van der Waals surface area (Å²) in [6, 6.07) is 19.5. The second kappa shape index (κ2) is 13.1. The van der Waals surface area contributed by atoms with Crippen LogP contribution in [0.4, 0.5) is 5.69 Å².